The molecule has 1 aliphatic carbocycles. The highest BCUT2D eigenvalue weighted by Gasteiger charge is 2.44. The van der Waals surface area contributed by atoms with Gasteiger partial charge in [0.05, 0.1) is 5.69 Å². The van der Waals surface area contributed by atoms with Gasteiger partial charge in [0.2, 0.25) is 0 Å². The molecule has 0 saturated heterocycles. The van der Waals surface area contributed by atoms with Gasteiger partial charge in [0.15, 0.2) is 0 Å². The normalized spacial score (nSPS) is 19.8. The van der Waals surface area contributed by atoms with E-state index in [-0.39, 0.29) is 0 Å². The Balaban J connectivity index is 2.08. The molecule has 0 spiro atoms. The minimum atomic E-state index is 0.522. The fourth-order valence-corrected chi connectivity index (χ4v) is 2.42. The van der Waals surface area contributed by atoms with Crippen LogP contribution in [0.4, 0.5) is 0 Å². The Bertz CT molecular complexity index is 363. The molecule has 0 radical (unpaired) electrons. The molecule has 1 unspecified atom stereocenters. The van der Waals surface area contributed by atoms with E-state index in [9.17, 15) is 0 Å². The maximum Gasteiger partial charge on any atom is 0.0596 e. The van der Waals surface area contributed by atoms with Crippen molar-refractivity contribution in [2.75, 3.05) is 6.54 Å². The quantitative estimate of drug-likeness (QED) is 0.824. The third-order valence-electron chi connectivity index (χ3n) is 3.84. The van der Waals surface area contributed by atoms with Crippen molar-refractivity contribution in [1.82, 2.24) is 15.1 Å². The summed E-state index contributed by atoms with van der Waals surface area (Å²) in [4.78, 5) is 0. The molecule has 1 aromatic rings. The Morgan fingerprint density at radius 1 is 1.56 bits per heavy atom. The predicted molar refractivity (Wildman–Crippen MR) is 66.5 cm³/mol. The van der Waals surface area contributed by atoms with Crippen LogP contribution in [0.5, 0.6) is 0 Å². The van der Waals surface area contributed by atoms with Gasteiger partial charge in [-0.1, -0.05) is 13.8 Å². The highest BCUT2D eigenvalue weighted by Crippen LogP contribution is 2.48. The van der Waals surface area contributed by atoms with Crippen molar-refractivity contribution in [3.63, 3.8) is 0 Å². The summed E-state index contributed by atoms with van der Waals surface area (Å²) in [6, 6.07) is 2.81. The Morgan fingerprint density at radius 3 is 2.69 bits per heavy atom. The summed E-state index contributed by atoms with van der Waals surface area (Å²) in [5.74, 6) is 0. The summed E-state index contributed by atoms with van der Waals surface area (Å²) >= 11 is 0. The fraction of sp³-hybridized carbons (Fsp3) is 0.769. The molecule has 2 rings (SSSR count). The Hall–Kier alpha value is -0.830. The molecule has 90 valence electrons. The van der Waals surface area contributed by atoms with E-state index in [1.807, 2.05) is 11.7 Å². The third kappa shape index (κ3) is 2.29. The standard InChI is InChI=1S/C13H23N3/c1-5-14-12(13(3)6-7-13)9-11-8-10(2)15-16(11)4/h8,12,14H,5-7,9H2,1-4H3. The van der Waals surface area contributed by atoms with Crippen LogP contribution in [0.3, 0.4) is 0 Å². The molecule has 1 heterocycles. The molecular formula is C13H23N3. The smallest absolute Gasteiger partial charge is 0.0596 e. The number of nitrogens with one attached hydrogen (secondary N) is 1. The third-order valence-corrected chi connectivity index (χ3v) is 3.84. The minimum absolute atomic E-state index is 0.522. The lowest BCUT2D eigenvalue weighted by Crippen LogP contribution is -2.38. The van der Waals surface area contributed by atoms with Crippen LogP contribution in [-0.2, 0) is 13.5 Å². The first kappa shape index (κ1) is 11.6. The van der Waals surface area contributed by atoms with Crippen molar-refractivity contribution >= 4 is 0 Å². The van der Waals surface area contributed by atoms with E-state index in [1.54, 1.807) is 0 Å². The average molecular weight is 221 g/mol. The van der Waals surface area contributed by atoms with E-state index in [2.05, 4.69) is 37.3 Å². The lowest BCUT2D eigenvalue weighted by molar-refractivity contribution is 0.354. The summed E-state index contributed by atoms with van der Waals surface area (Å²) in [5, 5.41) is 8.04. The van der Waals surface area contributed by atoms with Gasteiger partial charge in [-0.25, -0.2) is 0 Å². The topological polar surface area (TPSA) is 29.9 Å². The maximum absolute atomic E-state index is 4.42. The molecule has 3 heteroatoms. The molecule has 1 aromatic heterocycles. The summed E-state index contributed by atoms with van der Waals surface area (Å²) < 4.78 is 2.02. The Labute approximate surface area is 98.2 Å². The fourth-order valence-electron chi connectivity index (χ4n) is 2.42. The summed E-state index contributed by atoms with van der Waals surface area (Å²) in [6.07, 6.45) is 3.82. The van der Waals surface area contributed by atoms with Crippen LogP contribution >= 0.6 is 0 Å². The number of rotatable bonds is 5. The van der Waals surface area contributed by atoms with Crippen molar-refractivity contribution in [3.8, 4) is 0 Å². The second-order valence-corrected chi connectivity index (χ2v) is 5.37. The molecule has 1 atom stereocenters. The molecule has 1 fully saturated rings. The maximum atomic E-state index is 4.42. The molecule has 1 saturated carbocycles. The zero-order chi connectivity index (χ0) is 11.8. The van der Waals surface area contributed by atoms with Crippen LogP contribution in [0.15, 0.2) is 6.07 Å². The van der Waals surface area contributed by atoms with Gasteiger partial charge in [0, 0.05) is 25.2 Å². The SMILES string of the molecule is CCNC(Cc1cc(C)nn1C)C1(C)CC1. The van der Waals surface area contributed by atoms with Gasteiger partial charge in [-0.05, 0) is 37.8 Å². The minimum Gasteiger partial charge on any atom is -0.313 e. The Kier molecular flexibility index (Phi) is 3.06. The van der Waals surface area contributed by atoms with Gasteiger partial charge in [-0.15, -0.1) is 0 Å². The lowest BCUT2D eigenvalue weighted by atomic mass is 9.94. The van der Waals surface area contributed by atoms with E-state index >= 15 is 0 Å². The van der Waals surface area contributed by atoms with Crippen molar-refractivity contribution in [2.24, 2.45) is 12.5 Å². The predicted octanol–water partition coefficient (Wildman–Crippen LogP) is 2.05. The number of aryl methyl sites for hydroxylation is 2. The van der Waals surface area contributed by atoms with E-state index < -0.39 is 0 Å². The van der Waals surface area contributed by atoms with Crippen molar-refractivity contribution in [2.45, 2.75) is 46.1 Å². The first-order valence-corrected chi connectivity index (χ1v) is 6.28. The molecule has 1 aliphatic rings. The second-order valence-electron chi connectivity index (χ2n) is 5.37. The van der Waals surface area contributed by atoms with Crippen molar-refractivity contribution in [3.05, 3.63) is 17.5 Å². The van der Waals surface area contributed by atoms with Crippen LogP contribution in [-0.4, -0.2) is 22.4 Å². The highest BCUT2D eigenvalue weighted by molar-refractivity contribution is 5.13. The van der Waals surface area contributed by atoms with Gasteiger partial charge < -0.3 is 5.32 Å². The van der Waals surface area contributed by atoms with Gasteiger partial charge in [-0.2, -0.15) is 5.10 Å². The van der Waals surface area contributed by atoms with Crippen LogP contribution in [0.2, 0.25) is 0 Å². The molecule has 1 N–H and O–H groups in total. The monoisotopic (exact) mass is 221 g/mol. The largest absolute Gasteiger partial charge is 0.313 e. The molecule has 0 bridgehead atoms. The van der Waals surface area contributed by atoms with Crippen LogP contribution in [0, 0.1) is 12.3 Å². The van der Waals surface area contributed by atoms with Gasteiger partial charge in [-0.3, -0.25) is 4.68 Å². The molecule has 0 aromatic carbocycles. The first-order valence-electron chi connectivity index (χ1n) is 6.28. The van der Waals surface area contributed by atoms with Crippen LogP contribution in [0.1, 0.15) is 38.1 Å². The number of hydrogen-bond acceptors (Lipinski definition) is 2. The van der Waals surface area contributed by atoms with Crippen LogP contribution in [0.25, 0.3) is 0 Å². The van der Waals surface area contributed by atoms with Crippen molar-refractivity contribution < 1.29 is 0 Å². The molecule has 0 aliphatic heterocycles. The van der Waals surface area contributed by atoms with E-state index in [0.29, 0.717) is 11.5 Å². The number of likely N-dealkylation sites (N-methyl/N-ethyl adjacent to an activating group) is 1. The zero-order valence-corrected chi connectivity index (χ0v) is 10.9. The van der Waals surface area contributed by atoms with Gasteiger partial charge in [0.1, 0.15) is 0 Å². The van der Waals surface area contributed by atoms with E-state index in [1.165, 1.54) is 18.5 Å². The average Bonchev–Trinajstić information content (AvgIpc) is 2.87. The van der Waals surface area contributed by atoms with Gasteiger partial charge >= 0.3 is 0 Å². The van der Waals surface area contributed by atoms with E-state index in [0.717, 1.165) is 18.7 Å². The second kappa shape index (κ2) is 4.21. The number of hydrogen-bond donors (Lipinski definition) is 1. The molecular weight excluding hydrogens is 198 g/mol. The summed E-state index contributed by atoms with van der Waals surface area (Å²) in [6.45, 7) is 7.69. The zero-order valence-electron chi connectivity index (χ0n) is 10.9. The summed E-state index contributed by atoms with van der Waals surface area (Å²) in [7, 11) is 2.04. The highest BCUT2D eigenvalue weighted by atomic mass is 15.3. The lowest BCUT2D eigenvalue weighted by Gasteiger charge is -2.24. The molecule has 16 heavy (non-hydrogen) atoms. The van der Waals surface area contributed by atoms with E-state index in [4.69, 9.17) is 0 Å². The molecule has 3 nitrogen and oxygen atoms in total. The summed E-state index contributed by atoms with van der Waals surface area (Å²) in [5.41, 5.74) is 2.99. The molecule has 0 amide bonds. The Morgan fingerprint density at radius 2 is 2.25 bits per heavy atom. The number of aromatic nitrogens is 2. The first-order chi connectivity index (χ1) is 7.55. The van der Waals surface area contributed by atoms with Crippen molar-refractivity contribution in [1.29, 1.82) is 0 Å². The van der Waals surface area contributed by atoms with Gasteiger partial charge in [0.25, 0.3) is 0 Å². The van der Waals surface area contributed by atoms with Crippen LogP contribution < -0.4 is 5.32 Å². The number of nitrogens with zero attached hydrogens (tertiary/aromatic N) is 2.